The molecule has 1 saturated carbocycles. The molecule has 0 unspecified atom stereocenters. The van der Waals surface area contributed by atoms with Crippen LogP contribution in [-0.2, 0) is 16.0 Å². The molecule has 1 saturated heterocycles. The summed E-state index contributed by atoms with van der Waals surface area (Å²) in [6.07, 6.45) is 12.3. The largest absolute Gasteiger partial charge is 0.398 e. The number of Topliss-reactive ketones (excluding diaryl/α,β-unsaturated/α-hetero) is 1. The van der Waals surface area contributed by atoms with Gasteiger partial charge in [0.1, 0.15) is 11.6 Å². The van der Waals surface area contributed by atoms with Gasteiger partial charge >= 0.3 is 0 Å². The van der Waals surface area contributed by atoms with Gasteiger partial charge in [0.15, 0.2) is 0 Å². The topological polar surface area (TPSA) is 139 Å². The second-order valence-electron chi connectivity index (χ2n) is 9.89. The van der Waals surface area contributed by atoms with E-state index in [1.165, 1.54) is 0 Å². The van der Waals surface area contributed by atoms with Crippen molar-refractivity contribution in [3.63, 3.8) is 0 Å². The van der Waals surface area contributed by atoms with Crippen molar-refractivity contribution in [3.8, 4) is 11.3 Å². The van der Waals surface area contributed by atoms with E-state index in [0.29, 0.717) is 17.6 Å². The third kappa shape index (κ3) is 9.11. The maximum absolute atomic E-state index is 11.3. The molecule has 2 aliphatic rings. The van der Waals surface area contributed by atoms with Crippen molar-refractivity contribution in [1.29, 1.82) is 0 Å². The number of amides is 1. The fourth-order valence-corrected chi connectivity index (χ4v) is 4.73. The molecule has 1 aliphatic heterocycles. The molecule has 4 rings (SSSR count). The molecule has 2 aromatic rings. The highest BCUT2D eigenvalue weighted by Gasteiger charge is 2.50. The van der Waals surface area contributed by atoms with E-state index in [1.54, 1.807) is 13.3 Å². The summed E-state index contributed by atoms with van der Waals surface area (Å²) in [5.74, 6) is 1.44. The summed E-state index contributed by atoms with van der Waals surface area (Å²) in [6.45, 7) is 8.11. The Morgan fingerprint density at radius 3 is 2.46 bits per heavy atom. The summed E-state index contributed by atoms with van der Waals surface area (Å²) < 4.78 is 0. The van der Waals surface area contributed by atoms with Crippen molar-refractivity contribution in [2.75, 3.05) is 25.9 Å². The Hall–Kier alpha value is -3.00. The van der Waals surface area contributed by atoms with Crippen LogP contribution in [0, 0.1) is 11.3 Å². The van der Waals surface area contributed by atoms with Crippen LogP contribution in [0.4, 0.5) is 5.69 Å². The number of carbonyl (C=O) groups excluding carboxylic acids is 2. The van der Waals surface area contributed by atoms with Crippen molar-refractivity contribution in [1.82, 2.24) is 15.3 Å². The van der Waals surface area contributed by atoms with Gasteiger partial charge in [-0.05, 0) is 43.2 Å². The zero-order valence-corrected chi connectivity index (χ0v) is 23.1. The highest BCUT2D eigenvalue weighted by atomic mass is 16.1. The molecule has 204 valence electrons. The molecule has 2 fully saturated rings. The number of aliphatic imine (C=N–C) groups is 1. The molecular weight excluding hydrogens is 464 g/mol. The Morgan fingerprint density at radius 2 is 1.86 bits per heavy atom. The lowest BCUT2D eigenvalue weighted by atomic mass is 9.58. The number of nitrogens with one attached hydrogen (secondary N) is 2. The highest BCUT2D eigenvalue weighted by Crippen LogP contribution is 2.47. The first-order valence-corrected chi connectivity index (χ1v) is 13.7. The summed E-state index contributed by atoms with van der Waals surface area (Å²) >= 11 is 0. The predicted molar refractivity (Wildman–Crippen MR) is 153 cm³/mol. The number of unbranched alkanes of at least 4 members (excludes halogenated alkanes) is 3. The molecule has 0 atom stereocenters. The Bertz CT molecular complexity index is 1020. The second kappa shape index (κ2) is 15.3. The smallest absolute Gasteiger partial charge is 0.220 e. The van der Waals surface area contributed by atoms with Gasteiger partial charge in [0.05, 0.1) is 11.9 Å². The number of nitrogens with zero attached hydrogens (tertiary/aromatic N) is 2. The third-order valence-electron chi connectivity index (χ3n) is 7.07. The number of primary amides is 1. The van der Waals surface area contributed by atoms with Crippen LogP contribution in [0.1, 0.15) is 83.5 Å². The number of aromatic amines is 1. The van der Waals surface area contributed by atoms with E-state index in [0.717, 1.165) is 92.8 Å². The van der Waals surface area contributed by atoms with Crippen LogP contribution in [0.2, 0.25) is 0 Å². The first-order chi connectivity index (χ1) is 17.9. The fourth-order valence-electron chi connectivity index (χ4n) is 4.73. The first-order valence-electron chi connectivity index (χ1n) is 13.7. The molecule has 1 aromatic heterocycles. The number of nitrogens with two attached hydrogens (primary N) is 2. The minimum absolute atomic E-state index is 0.113. The van der Waals surface area contributed by atoms with Crippen molar-refractivity contribution in [2.45, 2.75) is 78.6 Å². The minimum atomic E-state index is -0.113. The SMILES string of the molecule is CC.CCC(=O)CCCCCCc1ncc(-c2ccc(N)c(C=NC)c2)[nH]1.NC(=O)C1CC2(CNC2)C1. The van der Waals surface area contributed by atoms with Crippen LogP contribution in [-0.4, -0.2) is 48.0 Å². The fraction of sp³-hybridized carbons (Fsp3) is 0.586. The number of imidazole rings is 1. The molecule has 2 heterocycles. The van der Waals surface area contributed by atoms with Crippen molar-refractivity contribution < 1.29 is 9.59 Å². The Kier molecular flexibility index (Phi) is 12.5. The molecule has 0 radical (unpaired) electrons. The highest BCUT2D eigenvalue weighted by molar-refractivity contribution is 5.89. The molecule has 1 spiro atoms. The molecular formula is C29H46N6O2. The summed E-state index contributed by atoms with van der Waals surface area (Å²) in [5, 5.41) is 3.21. The zero-order chi connectivity index (χ0) is 27.3. The van der Waals surface area contributed by atoms with Crippen molar-refractivity contribution >= 4 is 23.6 Å². The molecule has 8 heteroatoms. The van der Waals surface area contributed by atoms with Crippen LogP contribution in [0.5, 0.6) is 0 Å². The van der Waals surface area contributed by atoms with E-state index in [9.17, 15) is 9.59 Å². The Morgan fingerprint density at radius 1 is 1.16 bits per heavy atom. The van der Waals surface area contributed by atoms with Gasteiger partial charge in [-0.15, -0.1) is 0 Å². The van der Waals surface area contributed by atoms with Gasteiger partial charge in [0.2, 0.25) is 5.91 Å². The maximum Gasteiger partial charge on any atom is 0.220 e. The number of hydrogen-bond donors (Lipinski definition) is 4. The van der Waals surface area contributed by atoms with Crippen LogP contribution in [0.3, 0.4) is 0 Å². The van der Waals surface area contributed by atoms with Gasteiger partial charge in [0.25, 0.3) is 0 Å². The third-order valence-corrected chi connectivity index (χ3v) is 7.07. The normalized spacial score (nSPS) is 15.7. The van der Waals surface area contributed by atoms with Gasteiger partial charge in [-0.2, -0.15) is 0 Å². The molecule has 1 amide bonds. The number of carbonyl (C=O) groups is 2. The lowest BCUT2D eigenvalue weighted by molar-refractivity contribution is -0.131. The predicted octanol–water partition coefficient (Wildman–Crippen LogP) is 4.68. The number of anilines is 1. The van der Waals surface area contributed by atoms with Crippen LogP contribution < -0.4 is 16.8 Å². The number of rotatable bonds is 11. The van der Waals surface area contributed by atoms with E-state index in [4.69, 9.17) is 11.5 Å². The Labute approximate surface area is 222 Å². The first kappa shape index (κ1) is 30.2. The van der Waals surface area contributed by atoms with Crippen LogP contribution in [0.15, 0.2) is 29.4 Å². The van der Waals surface area contributed by atoms with Gasteiger partial charge in [-0.3, -0.25) is 14.6 Å². The lowest BCUT2D eigenvalue weighted by Gasteiger charge is -2.53. The molecule has 6 N–H and O–H groups in total. The number of H-pyrrole nitrogens is 1. The van der Waals surface area contributed by atoms with E-state index >= 15 is 0 Å². The number of nitrogen functional groups attached to an aromatic ring is 1. The van der Waals surface area contributed by atoms with E-state index in [-0.39, 0.29) is 11.8 Å². The van der Waals surface area contributed by atoms with E-state index < -0.39 is 0 Å². The van der Waals surface area contributed by atoms with Crippen LogP contribution >= 0.6 is 0 Å². The van der Waals surface area contributed by atoms with Gasteiger partial charge in [-0.25, -0.2) is 4.98 Å². The van der Waals surface area contributed by atoms with Crippen molar-refractivity contribution in [3.05, 3.63) is 35.8 Å². The van der Waals surface area contributed by atoms with E-state index in [1.807, 2.05) is 45.2 Å². The average Bonchev–Trinajstić information content (AvgIpc) is 3.31. The molecule has 1 aliphatic carbocycles. The van der Waals surface area contributed by atoms with Gasteiger partial charge < -0.3 is 21.8 Å². The summed E-state index contributed by atoms with van der Waals surface area (Å²) in [7, 11) is 1.73. The second-order valence-corrected chi connectivity index (χ2v) is 9.89. The minimum Gasteiger partial charge on any atom is -0.398 e. The van der Waals surface area contributed by atoms with Gasteiger partial charge in [0, 0.05) is 68.3 Å². The average molecular weight is 511 g/mol. The number of aromatic nitrogens is 2. The van der Waals surface area contributed by atoms with E-state index in [2.05, 4.69) is 20.3 Å². The Balaban J connectivity index is 0.000000330. The molecule has 8 nitrogen and oxygen atoms in total. The quantitative estimate of drug-likeness (QED) is 0.197. The van der Waals surface area contributed by atoms with Gasteiger partial charge in [-0.1, -0.05) is 39.7 Å². The number of aryl methyl sites for hydroxylation is 1. The number of ketones is 1. The summed E-state index contributed by atoms with van der Waals surface area (Å²) in [4.78, 5) is 33.8. The summed E-state index contributed by atoms with van der Waals surface area (Å²) in [6, 6.07) is 5.90. The molecule has 37 heavy (non-hydrogen) atoms. The number of hydrogen-bond acceptors (Lipinski definition) is 6. The standard InChI is InChI=1S/C20H28N4O.C7H12N2O.C2H6/c1-3-17(25)8-6-4-5-7-9-20-23-14-19(24-20)15-10-11-18(21)16(12-15)13-22-2;8-6(10)5-1-7(2-5)3-9-4-7;1-2/h10-14H,3-9,21H2,1-2H3,(H,23,24);5,9H,1-4H2,(H2,8,10);1-2H3. The van der Waals surface area contributed by atoms with Crippen LogP contribution in [0.25, 0.3) is 11.3 Å². The zero-order valence-electron chi connectivity index (χ0n) is 23.1. The molecule has 1 aromatic carbocycles. The monoisotopic (exact) mass is 510 g/mol. The maximum atomic E-state index is 11.3. The number of benzene rings is 1. The lowest BCUT2D eigenvalue weighted by Crippen LogP contribution is -2.62. The summed E-state index contributed by atoms with van der Waals surface area (Å²) in [5.41, 5.74) is 15.3. The molecule has 0 bridgehead atoms. The van der Waals surface area contributed by atoms with Crippen molar-refractivity contribution in [2.24, 2.45) is 22.1 Å².